The molecule has 1 amide bonds. The molecule has 5 heteroatoms. The first-order valence-corrected chi connectivity index (χ1v) is 6.52. The molecule has 0 heterocycles. The van der Waals surface area contributed by atoms with Gasteiger partial charge in [-0.15, -0.1) is 0 Å². The molecular formula is C14H16N2O3. The first-order valence-electron chi connectivity index (χ1n) is 6.52. The quantitative estimate of drug-likeness (QED) is 0.636. The molecule has 1 fully saturated rings. The predicted octanol–water partition coefficient (Wildman–Crippen LogP) is 1.47. The van der Waals surface area contributed by atoms with Crippen LogP contribution in [0.1, 0.15) is 30.4 Å². The Morgan fingerprint density at radius 1 is 1.42 bits per heavy atom. The number of carbonyl (C=O) groups is 1. The first kappa shape index (κ1) is 12.0. The summed E-state index contributed by atoms with van der Waals surface area (Å²) in [6.07, 6.45) is 3.75. The van der Waals surface area contributed by atoms with Crippen molar-refractivity contribution in [3.8, 4) is 5.75 Å². The molecule has 3 rings (SSSR count). The lowest BCUT2D eigenvalue weighted by Gasteiger charge is -2.08. The molecule has 2 N–H and O–H groups in total. The van der Waals surface area contributed by atoms with Gasteiger partial charge in [-0.3, -0.25) is 4.79 Å². The molecule has 0 bridgehead atoms. The lowest BCUT2D eigenvalue weighted by atomic mass is 10.1. The van der Waals surface area contributed by atoms with Crippen molar-refractivity contribution in [3.63, 3.8) is 0 Å². The number of hydrogen-bond donors (Lipinski definition) is 2. The number of rotatable bonds is 4. The van der Waals surface area contributed by atoms with Crippen LogP contribution in [0.5, 0.6) is 5.75 Å². The van der Waals surface area contributed by atoms with E-state index in [-0.39, 0.29) is 12.5 Å². The number of nitrogens with zero attached hydrogens (tertiary/aromatic N) is 1. The summed E-state index contributed by atoms with van der Waals surface area (Å²) in [6, 6.07) is 5.96. The van der Waals surface area contributed by atoms with Crippen molar-refractivity contribution in [2.24, 2.45) is 5.16 Å². The minimum atomic E-state index is -0.0689. The molecule has 0 radical (unpaired) electrons. The van der Waals surface area contributed by atoms with E-state index in [4.69, 9.17) is 9.94 Å². The highest BCUT2D eigenvalue weighted by Gasteiger charge is 2.23. The fraction of sp³-hybridized carbons (Fsp3) is 0.429. The number of amides is 1. The number of fused-ring (bicyclic) bond motifs is 1. The van der Waals surface area contributed by atoms with Crippen molar-refractivity contribution in [2.75, 3.05) is 6.61 Å². The van der Waals surface area contributed by atoms with Crippen LogP contribution < -0.4 is 10.1 Å². The molecule has 0 spiro atoms. The van der Waals surface area contributed by atoms with Gasteiger partial charge in [0.05, 0.1) is 5.71 Å². The van der Waals surface area contributed by atoms with Gasteiger partial charge in [-0.05, 0) is 49.4 Å². The van der Waals surface area contributed by atoms with Crippen LogP contribution in [0.3, 0.4) is 0 Å². The van der Waals surface area contributed by atoms with Crippen LogP contribution in [0.25, 0.3) is 0 Å². The zero-order valence-corrected chi connectivity index (χ0v) is 10.6. The fourth-order valence-corrected chi connectivity index (χ4v) is 2.29. The monoisotopic (exact) mass is 260 g/mol. The highest BCUT2D eigenvalue weighted by Crippen LogP contribution is 2.26. The van der Waals surface area contributed by atoms with Crippen LogP contribution in [-0.4, -0.2) is 29.5 Å². The molecule has 2 aliphatic rings. The maximum Gasteiger partial charge on any atom is 0.258 e. The number of hydrogen-bond acceptors (Lipinski definition) is 4. The van der Waals surface area contributed by atoms with Crippen molar-refractivity contribution in [2.45, 2.75) is 31.7 Å². The summed E-state index contributed by atoms with van der Waals surface area (Å²) in [5.74, 6) is 0.615. The molecule has 0 saturated heterocycles. The molecule has 1 aromatic rings. The summed E-state index contributed by atoms with van der Waals surface area (Å²) >= 11 is 0. The summed E-state index contributed by atoms with van der Waals surface area (Å²) in [4.78, 5) is 11.5. The average molecular weight is 260 g/mol. The van der Waals surface area contributed by atoms with Crippen LogP contribution in [0.2, 0.25) is 0 Å². The largest absolute Gasteiger partial charge is 0.484 e. The van der Waals surface area contributed by atoms with E-state index in [2.05, 4.69) is 10.5 Å². The Labute approximate surface area is 111 Å². The summed E-state index contributed by atoms with van der Waals surface area (Å²) in [5, 5.41) is 15.0. The van der Waals surface area contributed by atoms with Crippen molar-refractivity contribution in [3.05, 3.63) is 29.3 Å². The minimum Gasteiger partial charge on any atom is -0.484 e. The number of carbonyl (C=O) groups excluding carboxylic acids is 1. The second kappa shape index (κ2) is 4.91. The van der Waals surface area contributed by atoms with E-state index in [0.717, 1.165) is 36.8 Å². The summed E-state index contributed by atoms with van der Waals surface area (Å²) in [5.41, 5.74) is 2.79. The summed E-state index contributed by atoms with van der Waals surface area (Å²) in [7, 11) is 0. The number of ether oxygens (including phenoxy) is 1. The molecule has 19 heavy (non-hydrogen) atoms. The summed E-state index contributed by atoms with van der Waals surface area (Å²) < 4.78 is 5.48. The van der Waals surface area contributed by atoms with Gasteiger partial charge in [0.15, 0.2) is 6.61 Å². The van der Waals surface area contributed by atoms with Gasteiger partial charge >= 0.3 is 0 Å². The van der Waals surface area contributed by atoms with Gasteiger partial charge in [0.25, 0.3) is 5.91 Å². The Kier molecular flexibility index (Phi) is 3.11. The third-order valence-corrected chi connectivity index (χ3v) is 3.45. The Balaban J connectivity index is 1.61. The maximum absolute atomic E-state index is 11.5. The fourth-order valence-electron chi connectivity index (χ4n) is 2.29. The van der Waals surface area contributed by atoms with Gasteiger partial charge in [0, 0.05) is 11.6 Å². The number of nitrogens with one attached hydrogen (secondary N) is 1. The van der Waals surface area contributed by atoms with Gasteiger partial charge in [0.1, 0.15) is 5.75 Å². The van der Waals surface area contributed by atoms with E-state index in [9.17, 15) is 4.79 Å². The molecule has 5 nitrogen and oxygen atoms in total. The predicted molar refractivity (Wildman–Crippen MR) is 69.7 cm³/mol. The molecule has 1 aromatic carbocycles. The maximum atomic E-state index is 11.5. The molecule has 0 unspecified atom stereocenters. The van der Waals surface area contributed by atoms with Crippen LogP contribution in [-0.2, 0) is 11.2 Å². The second-order valence-corrected chi connectivity index (χ2v) is 5.00. The van der Waals surface area contributed by atoms with Crippen LogP contribution in [0, 0.1) is 0 Å². The number of benzene rings is 1. The minimum absolute atomic E-state index is 0.0518. The Morgan fingerprint density at radius 2 is 2.26 bits per heavy atom. The topological polar surface area (TPSA) is 70.9 Å². The molecule has 0 atom stereocenters. The smallest absolute Gasteiger partial charge is 0.258 e. The van der Waals surface area contributed by atoms with E-state index in [1.165, 1.54) is 0 Å². The summed E-state index contributed by atoms with van der Waals surface area (Å²) in [6.45, 7) is 0.0518. The van der Waals surface area contributed by atoms with E-state index in [1.807, 2.05) is 12.1 Å². The third kappa shape index (κ3) is 2.70. The lowest BCUT2D eigenvalue weighted by molar-refractivity contribution is -0.123. The van der Waals surface area contributed by atoms with Gasteiger partial charge in [-0.2, -0.15) is 0 Å². The van der Waals surface area contributed by atoms with Gasteiger partial charge in [-0.25, -0.2) is 0 Å². The standard InChI is InChI=1S/C14H16N2O3/c17-14(15-10-2-3-10)8-19-11-4-5-12-9(7-11)1-6-13(12)16-18/h4-5,7,10,18H,1-3,6,8H2,(H,15,17)/b16-13-. The van der Waals surface area contributed by atoms with Crippen molar-refractivity contribution >= 4 is 11.6 Å². The molecule has 100 valence electrons. The number of aryl methyl sites for hydroxylation is 1. The Bertz CT molecular complexity index is 535. The highest BCUT2D eigenvalue weighted by atomic mass is 16.5. The van der Waals surface area contributed by atoms with Crippen LogP contribution in [0.15, 0.2) is 23.4 Å². The van der Waals surface area contributed by atoms with E-state index < -0.39 is 0 Å². The molecule has 0 aliphatic heterocycles. The second-order valence-electron chi connectivity index (χ2n) is 5.00. The molecule has 2 aliphatic carbocycles. The SMILES string of the molecule is O=C(COc1ccc2c(c1)CC/C2=N/O)NC1CC1. The van der Waals surface area contributed by atoms with Crippen molar-refractivity contribution in [1.82, 2.24) is 5.32 Å². The molecule has 1 saturated carbocycles. The van der Waals surface area contributed by atoms with Crippen LogP contribution >= 0.6 is 0 Å². The van der Waals surface area contributed by atoms with Crippen molar-refractivity contribution in [1.29, 1.82) is 0 Å². The Morgan fingerprint density at radius 3 is 3.00 bits per heavy atom. The van der Waals surface area contributed by atoms with Crippen molar-refractivity contribution < 1.29 is 14.7 Å². The zero-order chi connectivity index (χ0) is 13.2. The zero-order valence-electron chi connectivity index (χ0n) is 10.6. The van der Waals surface area contributed by atoms with E-state index in [1.54, 1.807) is 6.07 Å². The lowest BCUT2D eigenvalue weighted by Crippen LogP contribution is -2.30. The highest BCUT2D eigenvalue weighted by molar-refractivity contribution is 6.04. The molecular weight excluding hydrogens is 244 g/mol. The molecule has 0 aromatic heterocycles. The van der Waals surface area contributed by atoms with Crippen LogP contribution in [0.4, 0.5) is 0 Å². The van der Waals surface area contributed by atoms with Gasteiger partial charge in [0.2, 0.25) is 0 Å². The number of oxime groups is 1. The van der Waals surface area contributed by atoms with E-state index in [0.29, 0.717) is 17.5 Å². The van der Waals surface area contributed by atoms with E-state index >= 15 is 0 Å². The average Bonchev–Trinajstić information content (AvgIpc) is 3.13. The van der Waals surface area contributed by atoms with Gasteiger partial charge in [-0.1, -0.05) is 5.16 Å². The Hall–Kier alpha value is -2.04. The first-order chi connectivity index (χ1) is 9.26. The third-order valence-electron chi connectivity index (χ3n) is 3.45. The normalized spacial score (nSPS) is 19.3. The van der Waals surface area contributed by atoms with Gasteiger partial charge < -0.3 is 15.3 Å².